The molecule has 0 bridgehead atoms. The summed E-state index contributed by atoms with van der Waals surface area (Å²) in [6.45, 7) is 0.0802. The summed E-state index contributed by atoms with van der Waals surface area (Å²) in [7, 11) is 1.50. The van der Waals surface area contributed by atoms with Crippen molar-refractivity contribution >= 4 is 5.69 Å². The zero-order valence-electron chi connectivity index (χ0n) is 13.9. The van der Waals surface area contributed by atoms with Crippen LogP contribution in [0.3, 0.4) is 0 Å². The van der Waals surface area contributed by atoms with E-state index >= 15 is 0 Å². The second kappa shape index (κ2) is 7.39. The Bertz CT molecular complexity index is 944. The number of methoxy groups -OCH3 is 1. The van der Waals surface area contributed by atoms with Gasteiger partial charge in [0.1, 0.15) is 23.1 Å². The summed E-state index contributed by atoms with van der Waals surface area (Å²) in [5.74, 6) is -2.35. The monoisotopic (exact) mass is 359 g/mol. The summed E-state index contributed by atoms with van der Waals surface area (Å²) >= 11 is 0. The van der Waals surface area contributed by atoms with Crippen molar-refractivity contribution in [3.63, 3.8) is 0 Å². The first-order valence-corrected chi connectivity index (χ1v) is 7.82. The molecule has 0 aliphatic rings. The highest BCUT2D eigenvalue weighted by Gasteiger charge is 2.13. The zero-order valence-corrected chi connectivity index (χ0v) is 13.9. The fourth-order valence-corrected chi connectivity index (χ4v) is 2.61. The van der Waals surface area contributed by atoms with Gasteiger partial charge in [-0.05, 0) is 59.2 Å². The molecular weight excluding hydrogens is 343 g/mol. The zero-order chi connectivity index (χ0) is 18.7. The Labute approximate surface area is 148 Å². The summed E-state index contributed by atoms with van der Waals surface area (Å²) in [5.41, 5.74) is 1.61. The van der Waals surface area contributed by atoms with E-state index in [1.807, 2.05) is 0 Å². The number of hydrogen-bond acceptors (Lipinski definition) is 3. The van der Waals surface area contributed by atoms with Gasteiger partial charge in [-0.2, -0.15) is 0 Å². The lowest BCUT2D eigenvalue weighted by Gasteiger charge is -2.13. The summed E-state index contributed by atoms with van der Waals surface area (Å²) in [6.07, 6.45) is 0. The molecule has 6 heteroatoms. The molecule has 3 rings (SSSR count). The minimum atomic E-state index is -1.06. The van der Waals surface area contributed by atoms with Crippen LogP contribution < -0.4 is 10.1 Å². The van der Waals surface area contributed by atoms with Crippen molar-refractivity contribution in [1.82, 2.24) is 0 Å². The molecule has 26 heavy (non-hydrogen) atoms. The molecule has 0 aliphatic carbocycles. The van der Waals surface area contributed by atoms with Crippen molar-refractivity contribution in [2.45, 2.75) is 6.54 Å². The Morgan fingerprint density at radius 2 is 1.77 bits per heavy atom. The number of nitrogens with one attached hydrogen (secondary N) is 1. The lowest BCUT2D eigenvalue weighted by atomic mass is 10.0. The van der Waals surface area contributed by atoms with E-state index in [4.69, 9.17) is 4.74 Å². The molecule has 0 radical (unpaired) electrons. The summed E-state index contributed by atoms with van der Waals surface area (Å²) in [6, 6.07) is 13.2. The van der Waals surface area contributed by atoms with Crippen molar-refractivity contribution in [3.05, 3.63) is 77.6 Å². The third-order valence-electron chi connectivity index (χ3n) is 3.90. The molecule has 0 heterocycles. The van der Waals surface area contributed by atoms with Crippen LogP contribution in [0.25, 0.3) is 11.1 Å². The van der Waals surface area contributed by atoms with Gasteiger partial charge in [-0.1, -0.05) is 12.1 Å². The van der Waals surface area contributed by atoms with E-state index in [0.717, 1.165) is 12.1 Å². The second-order valence-electron chi connectivity index (χ2n) is 5.69. The second-order valence-corrected chi connectivity index (χ2v) is 5.69. The number of rotatable bonds is 5. The maximum absolute atomic E-state index is 13.9. The van der Waals surface area contributed by atoms with Gasteiger partial charge >= 0.3 is 0 Å². The van der Waals surface area contributed by atoms with Crippen molar-refractivity contribution in [2.75, 3.05) is 12.4 Å². The highest BCUT2D eigenvalue weighted by molar-refractivity contribution is 5.66. The molecule has 3 aromatic rings. The molecule has 0 aromatic heterocycles. The molecule has 0 atom stereocenters. The number of phenols is 1. The van der Waals surface area contributed by atoms with E-state index in [-0.39, 0.29) is 12.4 Å². The average molecular weight is 359 g/mol. The van der Waals surface area contributed by atoms with Crippen molar-refractivity contribution in [3.8, 4) is 22.6 Å². The first-order chi connectivity index (χ1) is 12.5. The number of ether oxygens (including phenoxy) is 1. The summed E-state index contributed by atoms with van der Waals surface area (Å²) in [4.78, 5) is 0. The minimum absolute atomic E-state index is 0.0802. The van der Waals surface area contributed by atoms with E-state index in [1.54, 1.807) is 30.3 Å². The van der Waals surface area contributed by atoms with Gasteiger partial charge < -0.3 is 15.2 Å². The fourth-order valence-electron chi connectivity index (χ4n) is 2.61. The van der Waals surface area contributed by atoms with Crippen molar-refractivity contribution in [1.29, 1.82) is 0 Å². The molecule has 0 spiro atoms. The fraction of sp³-hybridized carbons (Fsp3) is 0.100. The molecule has 134 valence electrons. The van der Waals surface area contributed by atoms with E-state index in [9.17, 15) is 18.3 Å². The minimum Gasteiger partial charge on any atom is -0.505 e. The summed E-state index contributed by atoms with van der Waals surface area (Å²) in [5, 5.41) is 12.0. The van der Waals surface area contributed by atoms with Crippen LogP contribution in [0.5, 0.6) is 11.5 Å². The SMILES string of the molecule is COc1cc(CNc2c(F)ccc(O)c2F)cc(-c2cccc(F)c2)c1. The first kappa shape index (κ1) is 17.7. The Balaban J connectivity index is 1.91. The molecule has 0 saturated carbocycles. The predicted octanol–water partition coefficient (Wildman–Crippen LogP) is 5.10. The molecule has 0 fully saturated rings. The molecule has 0 unspecified atom stereocenters. The average Bonchev–Trinajstić information content (AvgIpc) is 2.64. The molecule has 0 saturated heterocycles. The van der Waals surface area contributed by atoms with E-state index in [2.05, 4.69) is 5.32 Å². The van der Waals surface area contributed by atoms with Crippen LogP contribution in [-0.2, 0) is 6.54 Å². The maximum Gasteiger partial charge on any atom is 0.190 e. The molecule has 3 nitrogen and oxygen atoms in total. The molecule has 0 amide bonds. The number of benzene rings is 3. The van der Waals surface area contributed by atoms with Crippen LogP contribution in [0.1, 0.15) is 5.56 Å². The Hall–Kier alpha value is -3.15. The van der Waals surface area contributed by atoms with E-state index in [1.165, 1.54) is 19.2 Å². The molecule has 3 aromatic carbocycles. The number of hydrogen-bond donors (Lipinski definition) is 2. The number of anilines is 1. The van der Waals surface area contributed by atoms with Crippen LogP contribution >= 0.6 is 0 Å². The quantitative estimate of drug-likeness (QED) is 0.666. The van der Waals surface area contributed by atoms with Crippen LogP contribution in [0.4, 0.5) is 18.9 Å². The lowest BCUT2D eigenvalue weighted by molar-refractivity contribution is 0.414. The van der Waals surface area contributed by atoms with Crippen LogP contribution in [0.15, 0.2) is 54.6 Å². The van der Waals surface area contributed by atoms with Crippen molar-refractivity contribution < 1.29 is 23.0 Å². The van der Waals surface area contributed by atoms with E-state index in [0.29, 0.717) is 22.4 Å². The third kappa shape index (κ3) is 3.74. The van der Waals surface area contributed by atoms with Crippen molar-refractivity contribution in [2.24, 2.45) is 0 Å². The topological polar surface area (TPSA) is 41.5 Å². The normalized spacial score (nSPS) is 10.6. The molecule has 2 N–H and O–H groups in total. The van der Waals surface area contributed by atoms with Gasteiger partial charge in [-0.25, -0.2) is 13.2 Å². The van der Waals surface area contributed by atoms with Gasteiger partial charge in [0.15, 0.2) is 11.6 Å². The third-order valence-corrected chi connectivity index (χ3v) is 3.90. The van der Waals surface area contributed by atoms with Gasteiger partial charge in [0.05, 0.1) is 7.11 Å². The molecule has 0 aliphatic heterocycles. The van der Waals surface area contributed by atoms with Crippen LogP contribution in [0.2, 0.25) is 0 Å². The van der Waals surface area contributed by atoms with Crippen LogP contribution in [0, 0.1) is 17.5 Å². The standard InChI is InChI=1S/C20H16F3NO2/c1-26-16-8-12(7-14(10-16)13-3-2-4-15(21)9-13)11-24-20-17(22)5-6-18(25)19(20)23/h2-10,24-25H,11H2,1H3. The van der Waals surface area contributed by atoms with Crippen LogP contribution in [-0.4, -0.2) is 12.2 Å². The van der Waals surface area contributed by atoms with Gasteiger partial charge in [-0.3, -0.25) is 0 Å². The van der Waals surface area contributed by atoms with Gasteiger partial charge in [0.2, 0.25) is 0 Å². The van der Waals surface area contributed by atoms with Gasteiger partial charge in [0, 0.05) is 6.54 Å². The van der Waals surface area contributed by atoms with E-state index < -0.39 is 23.1 Å². The number of aromatic hydroxyl groups is 1. The lowest BCUT2D eigenvalue weighted by Crippen LogP contribution is -2.04. The Morgan fingerprint density at radius 3 is 2.50 bits per heavy atom. The largest absolute Gasteiger partial charge is 0.505 e. The number of phenolic OH excluding ortho intramolecular Hbond substituents is 1. The predicted molar refractivity (Wildman–Crippen MR) is 93.7 cm³/mol. The summed E-state index contributed by atoms with van der Waals surface area (Å²) < 4.78 is 46.4. The Kier molecular flexibility index (Phi) is 5.02. The highest BCUT2D eigenvalue weighted by Crippen LogP contribution is 2.29. The smallest absolute Gasteiger partial charge is 0.190 e. The first-order valence-electron chi connectivity index (χ1n) is 7.82. The molecular formula is C20H16F3NO2. The van der Waals surface area contributed by atoms with Gasteiger partial charge in [-0.15, -0.1) is 0 Å². The maximum atomic E-state index is 13.9. The number of halogens is 3. The highest BCUT2D eigenvalue weighted by atomic mass is 19.1. The Morgan fingerprint density at radius 1 is 0.962 bits per heavy atom. The van der Waals surface area contributed by atoms with Gasteiger partial charge in [0.25, 0.3) is 0 Å².